The molecule has 5 nitrogen and oxygen atoms in total. The fourth-order valence-corrected chi connectivity index (χ4v) is 2.53. The van der Waals surface area contributed by atoms with E-state index in [-0.39, 0.29) is 11.3 Å². The molecule has 3 aromatic rings. The van der Waals surface area contributed by atoms with Crippen LogP contribution in [0, 0.1) is 18.3 Å². The lowest BCUT2D eigenvalue weighted by atomic mass is 10.2. The van der Waals surface area contributed by atoms with Gasteiger partial charge in [-0.25, -0.2) is 4.68 Å². The summed E-state index contributed by atoms with van der Waals surface area (Å²) in [6.45, 7) is 1.60. The lowest BCUT2D eigenvalue weighted by molar-refractivity contribution is -0.137. The maximum absolute atomic E-state index is 12.9. The Labute approximate surface area is 152 Å². The number of amides is 1. The van der Waals surface area contributed by atoms with Crippen molar-refractivity contribution in [2.75, 3.05) is 5.32 Å². The van der Waals surface area contributed by atoms with E-state index in [0.29, 0.717) is 16.9 Å². The average molecular weight is 370 g/mol. The minimum absolute atomic E-state index is 0.208. The summed E-state index contributed by atoms with van der Waals surface area (Å²) in [5.74, 6) is -0.449. The van der Waals surface area contributed by atoms with E-state index in [1.54, 1.807) is 31.2 Å². The van der Waals surface area contributed by atoms with Crippen LogP contribution in [0.2, 0.25) is 0 Å². The largest absolute Gasteiger partial charge is 0.416 e. The number of nitrogens with zero attached hydrogens (tertiary/aromatic N) is 3. The first-order valence-electron chi connectivity index (χ1n) is 7.83. The molecule has 0 unspecified atom stereocenters. The van der Waals surface area contributed by atoms with Gasteiger partial charge in [0.05, 0.1) is 40.3 Å². The molecule has 27 heavy (non-hydrogen) atoms. The predicted molar refractivity (Wildman–Crippen MR) is 92.4 cm³/mol. The van der Waals surface area contributed by atoms with Crippen molar-refractivity contribution in [3.63, 3.8) is 0 Å². The highest BCUT2D eigenvalue weighted by atomic mass is 19.4. The summed E-state index contributed by atoms with van der Waals surface area (Å²) in [4.78, 5) is 12.5. The van der Waals surface area contributed by atoms with Gasteiger partial charge >= 0.3 is 6.18 Å². The number of anilines is 1. The second-order valence-electron chi connectivity index (χ2n) is 5.75. The van der Waals surface area contributed by atoms with Crippen LogP contribution in [0.3, 0.4) is 0 Å². The van der Waals surface area contributed by atoms with Gasteiger partial charge in [0.1, 0.15) is 0 Å². The summed E-state index contributed by atoms with van der Waals surface area (Å²) in [6, 6.07) is 13.0. The number of halogens is 3. The van der Waals surface area contributed by atoms with E-state index in [9.17, 15) is 18.0 Å². The van der Waals surface area contributed by atoms with Crippen molar-refractivity contribution < 1.29 is 18.0 Å². The van der Waals surface area contributed by atoms with Crippen molar-refractivity contribution in [1.82, 2.24) is 9.78 Å². The number of alkyl halides is 3. The molecule has 3 rings (SSSR count). The van der Waals surface area contributed by atoms with Crippen molar-refractivity contribution in [1.29, 1.82) is 5.26 Å². The van der Waals surface area contributed by atoms with Crippen LogP contribution in [0.4, 0.5) is 18.9 Å². The minimum Gasteiger partial charge on any atom is -0.322 e. The molecule has 0 radical (unpaired) electrons. The third-order valence-corrected chi connectivity index (χ3v) is 3.94. The topological polar surface area (TPSA) is 70.7 Å². The quantitative estimate of drug-likeness (QED) is 0.746. The number of aromatic nitrogens is 2. The second-order valence-corrected chi connectivity index (χ2v) is 5.75. The van der Waals surface area contributed by atoms with Crippen molar-refractivity contribution in [3.05, 3.63) is 77.1 Å². The van der Waals surface area contributed by atoms with E-state index in [0.717, 1.165) is 12.1 Å². The van der Waals surface area contributed by atoms with Gasteiger partial charge in [0.15, 0.2) is 0 Å². The molecule has 0 saturated heterocycles. The number of carbonyl (C=O) groups is 1. The highest BCUT2D eigenvalue weighted by molar-refractivity contribution is 6.05. The molecule has 0 aliphatic rings. The van der Waals surface area contributed by atoms with Crippen LogP contribution in [0.1, 0.15) is 27.2 Å². The zero-order valence-corrected chi connectivity index (χ0v) is 14.1. The number of nitrogens with one attached hydrogen (secondary N) is 1. The van der Waals surface area contributed by atoms with Crippen LogP contribution in [0.5, 0.6) is 0 Å². The van der Waals surface area contributed by atoms with Crippen molar-refractivity contribution in [2.24, 2.45) is 0 Å². The molecule has 0 spiro atoms. The maximum Gasteiger partial charge on any atom is 0.416 e. The molecule has 1 aromatic heterocycles. The Morgan fingerprint density at radius 1 is 1.19 bits per heavy atom. The summed E-state index contributed by atoms with van der Waals surface area (Å²) < 4.78 is 40.0. The molecule has 0 saturated carbocycles. The Morgan fingerprint density at radius 3 is 2.52 bits per heavy atom. The number of hydrogen-bond acceptors (Lipinski definition) is 3. The third-order valence-electron chi connectivity index (χ3n) is 3.94. The van der Waals surface area contributed by atoms with Crippen molar-refractivity contribution in [2.45, 2.75) is 13.1 Å². The van der Waals surface area contributed by atoms with E-state index >= 15 is 0 Å². The summed E-state index contributed by atoms with van der Waals surface area (Å²) in [5.41, 5.74) is 1.00. The van der Waals surface area contributed by atoms with Crippen LogP contribution in [-0.4, -0.2) is 15.7 Å². The molecular formula is C19H13F3N4O. The molecule has 0 bridgehead atoms. The van der Waals surface area contributed by atoms with Crippen LogP contribution in [0.15, 0.2) is 54.7 Å². The van der Waals surface area contributed by atoms with Gasteiger partial charge in [0.2, 0.25) is 0 Å². The molecule has 0 aliphatic heterocycles. The molecule has 1 heterocycles. The zero-order valence-electron chi connectivity index (χ0n) is 14.1. The van der Waals surface area contributed by atoms with Gasteiger partial charge in [-0.3, -0.25) is 4.79 Å². The van der Waals surface area contributed by atoms with Crippen LogP contribution < -0.4 is 5.32 Å². The Morgan fingerprint density at radius 2 is 1.89 bits per heavy atom. The van der Waals surface area contributed by atoms with E-state index in [4.69, 9.17) is 5.26 Å². The molecule has 0 fully saturated rings. The first-order chi connectivity index (χ1) is 12.8. The van der Waals surface area contributed by atoms with E-state index < -0.39 is 17.6 Å². The Hall–Kier alpha value is -3.60. The highest BCUT2D eigenvalue weighted by Gasteiger charge is 2.30. The van der Waals surface area contributed by atoms with Crippen molar-refractivity contribution >= 4 is 11.6 Å². The lowest BCUT2D eigenvalue weighted by Gasteiger charge is -2.10. The summed E-state index contributed by atoms with van der Waals surface area (Å²) >= 11 is 0. The number of rotatable bonds is 3. The molecule has 8 heteroatoms. The van der Waals surface area contributed by atoms with E-state index in [2.05, 4.69) is 10.4 Å². The fraction of sp³-hybridized carbons (Fsp3) is 0.105. The van der Waals surface area contributed by atoms with Gasteiger partial charge in [-0.2, -0.15) is 23.5 Å². The number of benzene rings is 2. The molecule has 0 atom stereocenters. The Bertz CT molecular complexity index is 1030. The summed E-state index contributed by atoms with van der Waals surface area (Å²) in [5, 5.41) is 15.5. The minimum atomic E-state index is -4.47. The standard InChI is InChI=1S/C19H13F3N4O/c1-12-17(18(27)25-15-7-5-13(10-23)6-8-15)11-24-26(12)16-4-2-3-14(9-16)19(20,21)22/h2-9,11H,1H3,(H,25,27). The van der Waals surface area contributed by atoms with Crippen LogP contribution in [-0.2, 0) is 6.18 Å². The Kier molecular flexibility index (Phi) is 4.69. The van der Waals surface area contributed by atoms with Gasteiger partial charge < -0.3 is 5.32 Å². The highest BCUT2D eigenvalue weighted by Crippen LogP contribution is 2.30. The number of carbonyl (C=O) groups excluding carboxylic acids is 1. The lowest BCUT2D eigenvalue weighted by Crippen LogP contribution is -2.13. The SMILES string of the molecule is Cc1c(C(=O)Nc2ccc(C#N)cc2)cnn1-c1cccc(C(F)(F)F)c1. The van der Waals surface area contributed by atoms with E-state index in [1.807, 2.05) is 6.07 Å². The molecule has 1 amide bonds. The smallest absolute Gasteiger partial charge is 0.322 e. The summed E-state index contributed by atoms with van der Waals surface area (Å²) in [6.07, 6.45) is -3.17. The van der Waals surface area contributed by atoms with Gasteiger partial charge in [-0.1, -0.05) is 6.07 Å². The maximum atomic E-state index is 12.9. The second kappa shape index (κ2) is 6.96. The van der Waals surface area contributed by atoms with Gasteiger partial charge in [0.25, 0.3) is 5.91 Å². The Balaban J connectivity index is 1.86. The third kappa shape index (κ3) is 3.82. The summed E-state index contributed by atoms with van der Waals surface area (Å²) in [7, 11) is 0. The number of nitriles is 1. The normalized spacial score (nSPS) is 11.1. The first-order valence-corrected chi connectivity index (χ1v) is 7.83. The van der Waals surface area contributed by atoms with Crippen molar-refractivity contribution in [3.8, 4) is 11.8 Å². The molecule has 1 N–H and O–H groups in total. The van der Waals surface area contributed by atoms with Crippen LogP contribution >= 0.6 is 0 Å². The van der Waals surface area contributed by atoms with Gasteiger partial charge in [0, 0.05) is 5.69 Å². The van der Waals surface area contributed by atoms with E-state index in [1.165, 1.54) is 23.0 Å². The average Bonchev–Trinajstić information content (AvgIpc) is 3.03. The monoisotopic (exact) mass is 370 g/mol. The number of hydrogen-bond donors (Lipinski definition) is 1. The molecular weight excluding hydrogens is 357 g/mol. The zero-order chi connectivity index (χ0) is 19.6. The van der Waals surface area contributed by atoms with Gasteiger partial charge in [-0.15, -0.1) is 0 Å². The first kappa shape index (κ1) is 18.2. The molecule has 2 aromatic carbocycles. The fourth-order valence-electron chi connectivity index (χ4n) is 2.53. The molecule has 0 aliphatic carbocycles. The van der Waals surface area contributed by atoms with Gasteiger partial charge in [-0.05, 0) is 49.4 Å². The predicted octanol–water partition coefficient (Wildman–Crippen LogP) is 4.32. The van der Waals surface area contributed by atoms with Crippen LogP contribution in [0.25, 0.3) is 5.69 Å². The molecule has 136 valence electrons.